The van der Waals surface area contributed by atoms with Gasteiger partial charge in [-0.2, -0.15) is 0 Å². The van der Waals surface area contributed by atoms with Crippen molar-refractivity contribution in [2.24, 2.45) is 0 Å². The fourth-order valence-electron chi connectivity index (χ4n) is 1.85. The van der Waals surface area contributed by atoms with E-state index in [0.717, 1.165) is 5.56 Å². The minimum Gasteiger partial charge on any atom is -0.475 e. The third-order valence-electron chi connectivity index (χ3n) is 2.99. The van der Waals surface area contributed by atoms with Crippen molar-refractivity contribution in [3.63, 3.8) is 0 Å². The lowest BCUT2D eigenvalue weighted by Crippen LogP contribution is -1.99. The number of aliphatic hydroxyl groups is 1. The number of carbonyl (C=O) groups is 1. The van der Waals surface area contributed by atoms with Crippen LogP contribution in [-0.4, -0.2) is 16.2 Å². The van der Waals surface area contributed by atoms with Crippen LogP contribution in [0, 0.1) is 6.92 Å². The normalized spacial score (nSPS) is 12.3. The lowest BCUT2D eigenvalue weighted by molar-refractivity contribution is 0.0650. The van der Waals surface area contributed by atoms with Gasteiger partial charge in [-0.1, -0.05) is 29.8 Å². The molecule has 19 heavy (non-hydrogen) atoms. The van der Waals surface area contributed by atoms with E-state index in [1.807, 2.05) is 31.2 Å². The van der Waals surface area contributed by atoms with Gasteiger partial charge in [0.05, 0.1) is 0 Å². The third-order valence-corrected chi connectivity index (χ3v) is 2.99. The van der Waals surface area contributed by atoms with Crippen molar-refractivity contribution < 1.29 is 19.4 Å². The Labute approximate surface area is 111 Å². The number of hydrogen-bond acceptors (Lipinski definition) is 3. The van der Waals surface area contributed by atoms with Crippen LogP contribution in [0.25, 0.3) is 0 Å². The lowest BCUT2D eigenvalue weighted by atomic mass is 10.0. The average molecular weight is 260 g/mol. The topological polar surface area (TPSA) is 70.7 Å². The van der Waals surface area contributed by atoms with Crippen molar-refractivity contribution in [2.75, 3.05) is 0 Å². The molecule has 0 fully saturated rings. The molecule has 4 nitrogen and oxygen atoms in total. The standard InChI is InChI=1S/C15H16O4/c1-10-2-4-11(5-3-10)6-7-12(16)13-8-9-14(19-13)15(17)18/h2-5,8-9,12,16H,6-7H2,1H3,(H,17,18). The summed E-state index contributed by atoms with van der Waals surface area (Å²) in [7, 11) is 0. The Bertz CT molecular complexity index is 554. The van der Waals surface area contributed by atoms with Crippen LogP contribution in [0.2, 0.25) is 0 Å². The fourth-order valence-corrected chi connectivity index (χ4v) is 1.85. The van der Waals surface area contributed by atoms with Crippen LogP contribution >= 0.6 is 0 Å². The molecular weight excluding hydrogens is 244 g/mol. The summed E-state index contributed by atoms with van der Waals surface area (Å²) in [4.78, 5) is 10.7. The Morgan fingerprint density at radius 3 is 2.47 bits per heavy atom. The Morgan fingerprint density at radius 1 is 1.21 bits per heavy atom. The summed E-state index contributed by atoms with van der Waals surface area (Å²) >= 11 is 0. The van der Waals surface area contributed by atoms with Crippen LogP contribution in [0.1, 0.15) is 40.0 Å². The van der Waals surface area contributed by atoms with Gasteiger partial charge in [0.2, 0.25) is 5.76 Å². The first-order chi connectivity index (χ1) is 9.06. The van der Waals surface area contributed by atoms with Crippen LogP contribution < -0.4 is 0 Å². The van der Waals surface area contributed by atoms with Crippen molar-refractivity contribution in [3.05, 3.63) is 59.0 Å². The van der Waals surface area contributed by atoms with Gasteiger partial charge >= 0.3 is 5.97 Å². The highest BCUT2D eigenvalue weighted by Gasteiger charge is 2.15. The molecule has 2 rings (SSSR count). The van der Waals surface area contributed by atoms with Gasteiger partial charge in [0.1, 0.15) is 11.9 Å². The summed E-state index contributed by atoms with van der Waals surface area (Å²) in [5.41, 5.74) is 2.33. The quantitative estimate of drug-likeness (QED) is 0.867. The van der Waals surface area contributed by atoms with Crippen molar-refractivity contribution in [2.45, 2.75) is 25.9 Å². The van der Waals surface area contributed by atoms with E-state index >= 15 is 0 Å². The molecule has 0 aliphatic rings. The van der Waals surface area contributed by atoms with Crippen LogP contribution in [0.4, 0.5) is 0 Å². The fraction of sp³-hybridized carbons (Fsp3) is 0.267. The maximum absolute atomic E-state index is 10.7. The highest BCUT2D eigenvalue weighted by Crippen LogP contribution is 2.21. The second-order valence-electron chi connectivity index (χ2n) is 4.55. The van der Waals surface area contributed by atoms with Crippen molar-refractivity contribution in [1.29, 1.82) is 0 Å². The molecule has 0 spiro atoms. The van der Waals surface area contributed by atoms with Gasteiger partial charge in [-0.05, 0) is 37.5 Å². The molecule has 0 aliphatic heterocycles. The summed E-state index contributed by atoms with van der Waals surface area (Å²) in [5.74, 6) is -0.981. The Balaban J connectivity index is 1.95. The molecule has 1 aromatic carbocycles. The molecule has 1 atom stereocenters. The average Bonchev–Trinajstić information content (AvgIpc) is 2.87. The first-order valence-electron chi connectivity index (χ1n) is 6.13. The zero-order chi connectivity index (χ0) is 13.8. The molecular formula is C15H16O4. The van der Waals surface area contributed by atoms with E-state index < -0.39 is 12.1 Å². The molecule has 0 saturated heterocycles. The van der Waals surface area contributed by atoms with Gasteiger partial charge in [-0.25, -0.2) is 4.79 Å². The van der Waals surface area contributed by atoms with E-state index in [1.54, 1.807) is 0 Å². The van der Waals surface area contributed by atoms with E-state index in [2.05, 4.69) is 0 Å². The second kappa shape index (κ2) is 5.71. The number of furan rings is 1. The van der Waals surface area contributed by atoms with Crippen LogP contribution in [0.5, 0.6) is 0 Å². The molecule has 1 aromatic heterocycles. The number of hydrogen-bond donors (Lipinski definition) is 2. The summed E-state index contributed by atoms with van der Waals surface area (Å²) < 4.78 is 5.06. The SMILES string of the molecule is Cc1ccc(CCC(O)c2ccc(C(=O)O)o2)cc1. The molecule has 0 amide bonds. The van der Waals surface area contributed by atoms with E-state index in [-0.39, 0.29) is 5.76 Å². The molecule has 2 aromatic rings. The highest BCUT2D eigenvalue weighted by molar-refractivity contribution is 5.84. The highest BCUT2D eigenvalue weighted by atomic mass is 16.4. The third kappa shape index (κ3) is 3.45. The minimum absolute atomic E-state index is 0.149. The Hall–Kier alpha value is -2.07. The summed E-state index contributed by atoms with van der Waals surface area (Å²) in [6.07, 6.45) is 0.426. The largest absolute Gasteiger partial charge is 0.475 e. The molecule has 100 valence electrons. The molecule has 0 saturated carbocycles. The molecule has 0 aliphatic carbocycles. The molecule has 1 unspecified atom stereocenters. The molecule has 0 bridgehead atoms. The molecule has 0 radical (unpaired) electrons. The lowest BCUT2D eigenvalue weighted by Gasteiger charge is -2.07. The molecule has 2 N–H and O–H groups in total. The number of benzene rings is 1. The van der Waals surface area contributed by atoms with Crippen molar-refractivity contribution in [3.8, 4) is 0 Å². The summed E-state index contributed by atoms with van der Waals surface area (Å²) in [6, 6.07) is 10.9. The van der Waals surface area contributed by atoms with Crippen LogP contribution in [0.15, 0.2) is 40.8 Å². The monoisotopic (exact) mass is 260 g/mol. The van der Waals surface area contributed by atoms with E-state index in [4.69, 9.17) is 9.52 Å². The smallest absolute Gasteiger partial charge is 0.371 e. The van der Waals surface area contributed by atoms with E-state index in [0.29, 0.717) is 18.6 Å². The first-order valence-corrected chi connectivity index (χ1v) is 6.13. The predicted molar refractivity (Wildman–Crippen MR) is 70.1 cm³/mol. The number of carboxylic acids is 1. The zero-order valence-corrected chi connectivity index (χ0v) is 10.7. The molecule has 1 heterocycles. The van der Waals surface area contributed by atoms with Gasteiger partial charge < -0.3 is 14.6 Å². The first kappa shape index (κ1) is 13.4. The number of aromatic carboxylic acids is 1. The van der Waals surface area contributed by atoms with Crippen LogP contribution in [-0.2, 0) is 6.42 Å². The predicted octanol–water partition coefficient (Wildman–Crippen LogP) is 2.95. The Kier molecular flexibility index (Phi) is 4.02. The van der Waals surface area contributed by atoms with E-state index in [1.165, 1.54) is 17.7 Å². The van der Waals surface area contributed by atoms with Gasteiger partial charge in [0.15, 0.2) is 0 Å². The second-order valence-corrected chi connectivity index (χ2v) is 4.55. The van der Waals surface area contributed by atoms with Crippen LogP contribution in [0.3, 0.4) is 0 Å². The number of aryl methyl sites for hydroxylation is 2. The molecule has 4 heteroatoms. The Morgan fingerprint density at radius 2 is 1.89 bits per heavy atom. The summed E-state index contributed by atoms with van der Waals surface area (Å²) in [5, 5.41) is 18.7. The number of aliphatic hydroxyl groups excluding tert-OH is 1. The maximum Gasteiger partial charge on any atom is 0.371 e. The van der Waals surface area contributed by atoms with Crippen molar-refractivity contribution in [1.82, 2.24) is 0 Å². The van der Waals surface area contributed by atoms with Crippen molar-refractivity contribution >= 4 is 5.97 Å². The van der Waals surface area contributed by atoms with Gasteiger partial charge in [-0.3, -0.25) is 0 Å². The number of carboxylic acid groups (broad SMARTS) is 1. The van der Waals surface area contributed by atoms with Gasteiger partial charge in [0, 0.05) is 0 Å². The van der Waals surface area contributed by atoms with Gasteiger partial charge in [-0.15, -0.1) is 0 Å². The summed E-state index contributed by atoms with van der Waals surface area (Å²) in [6.45, 7) is 2.02. The minimum atomic E-state index is -1.13. The zero-order valence-electron chi connectivity index (χ0n) is 10.7. The maximum atomic E-state index is 10.7. The number of rotatable bonds is 5. The van der Waals surface area contributed by atoms with Gasteiger partial charge in [0.25, 0.3) is 0 Å². The van der Waals surface area contributed by atoms with E-state index in [9.17, 15) is 9.90 Å².